The smallest absolute Gasteiger partial charge is 0.345 e. The van der Waals surface area contributed by atoms with Crippen LogP contribution in [0.25, 0.3) is 0 Å². The Morgan fingerprint density at radius 3 is 1.80 bits per heavy atom. The van der Waals surface area contributed by atoms with Crippen LogP contribution in [0.4, 0.5) is 0 Å². The van der Waals surface area contributed by atoms with Gasteiger partial charge in [0.05, 0.1) is 0 Å². The first-order valence-electron chi connectivity index (χ1n) is 2.53. The maximum Gasteiger partial charge on any atom is 2.00 e. The molecule has 0 amide bonds. The summed E-state index contributed by atoms with van der Waals surface area (Å²) in [5.74, 6) is 0. The van der Waals surface area contributed by atoms with E-state index >= 15 is 0 Å². The Morgan fingerprint density at radius 2 is 1.60 bits per heavy atom. The molecule has 0 rings (SSSR count). The molecular formula is C5H11O3PZn. The van der Waals surface area contributed by atoms with Gasteiger partial charge in [-0.1, -0.05) is 13.2 Å². The zero-order valence-electron chi connectivity index (χ0n) is 6.21. The van der Waals surface area contributed by atoms with Crippen molar-refractivity contribution in [3.63, 3.8) is 0 Å². The van der Waals surface area contributed by atoms with Gasteiger partial charge in [-0.15, -0.1) is 0 Å². The molecule has 5 heteroatoms. The molecule has 10 heavy (non-hydrogen) atoms. The number of rotatable bonds is 5. The molecule has 0 aromatic rings. The summed E-state index contributed by atoms with van der Waals surface area (Å²) in [7, 11) is 0.341. The van der Waals surface area contributed by atoms with Crippen LogP contribution in [-0.2, 0) is 33.0 Å². The second-order valence-electron chi connectivity index (χ2n) is 1.07. The van der Waals surface area contributed by atoms with Crippen LogP contribution in [0, 0.1) is 13.8 Å². The number of hydrogen-bond donors (Lipinski definition) is 0. The van der Waals surface area contributed by atoms with Crippen molar-refractivity contribution in [3.8, 4) is 0 Å². The minimum atomic E-state index is -1.18. The standard InChI is InChI=1S/C5H11O3P.Zn/c1-4-7-9(6-3)8-5-2;/h1-2,4-5H2,3H3;/q-2;+2. The molecule has 0 aliphatic rings. The van der Waals surface area contributed by atoms with Crippen LogP contribution in [-0.4, -0.2) is 20.3 Å². The summed E-state index contributed by atoms with van der Waals surface area (Å²) >= 11 is 0. The predicted octanol–water partition coefficient (Wildman–Crippen LogP) is 1.56. The van der Waals surface area contributed by atoms with E-state index in [4.69, 9.17) is 13.6 Å². The molecule has 0 spiro atoms. The maximum absolute atomic E-state index is 4.90. The summed E-state index contributed by atoms with van der Waals surface area (Å²) in [4.78, 5) is 0. The third kappa shape index (κ3) is 7.05. The van der Waals surface area contributed by atoms with Gasteiger partial charge in [0.15, 0.2) is 0 Å². The average molecular weight is 216 g/mol. The van der Waals surface area contributed by atoms with Gasteiger partial charge in [0, 0.05) is 7.11 Å². The summed E-state index contributed by atoms with van der Waals surface area (Å²) < 4.78 is 14.6. The summed E-state index contributed by atoms with van der Waals surface area (Å²) in [6.07, 6.45) is 0. The van der Waals surface area contributed by atoms with E-state index in [1.807, 2.05) is 0 Å². The van der Waals surface area contributed by atoms with E-state index in [9.17, 15) is 0 Å². The molecule has 0 aromatic carbocycles. The summed E-state index contributed by atoms with van der Waals surface area (Å²) in [5, 5.41) is 0. The van der Waals surface area contributed by atoms with E-state index in [1.165, 1.54) is 7.11 Å². The molecule has 0 unspecified atom stereocenters. The third-order valence-electron chi connectivity index (χ3n) is 0.542. The molecule has 56 valence electrons. The zero-order valence-corrected chi connectivity index (χ0v) is 10.1. The van der Waals surface area contributed by atoms with Gasteiger partial charge in [0.2, 0.25) is 0 Å². The van der Waals surface area contributed by atoms with Crippen LogP contribution in [0.15, 0.2) is 0 Å². The fraction of sp³-hybridized carbons (Fsp3) is 0.600. The van der Waals surface area contributed by atoms with Crippen molar-refractivity contribution in [3.05, 3.63) is 13.8 Å². The number of hydrogen-bond acceptors (Lipinski definition) is 3. The molecule has 0 saturated heterocycles. The zero-order chi connectivity index (χ0) is 7.11. The molecule has 0 fully saturated rings. The first-order valence-corrected chi connectivity index (χ1v) is 3.63. The average Bonchev–Trinajstić information content (AvgIpc) is 1.88. The van der Waals surface area contributed by atoms with Crippen molar-refractivity contribution in [2.24, 2.45) is 0 Å². The first-order chi connectivity index (χ1) is 4.35. The van der Waals surface area contributed by atoms with Crippen molar-refractivity contribution in [2.45, 2.75) is 0 Å². The minimum Gasteiger partial charge on any atom is -0.345 e. The van der Waals surface area contributed by atoms with Crippen molar-refractivity contribution in [1.29, 1.82) is 0 Å². The third-order valence-corrected chi connectivity index (χ3v) is 1.63. The quantitative estimate of drug-likeness (QED) is 0.396. The largest absolute Gasteiger partial charge is 2.00 e. The Bertz CT molecular complexity index is 58.9. The topological polar surface area (TPSA) is 27.7 Å². The first kappa shape index (κ1) is 13.5. The van der Waals surface area contributed by atoms with Gasteiger partial charge in [-0.2, -0.15) is 0 Å². The summed E-state index contributed by atoms with van der Waals surface area (Å²) in [6.45, 7) is 7.66. The van der Waals surface area contributed by atoms with E-state index in [2.05, 4.69) is 13.8 Å². The van der Waals surface area contributed by atoms with Crippen LogP contribution in [0.2, 0.25) is 0 Å². The Kier molecular flexibility index (Phi) is 13.4. The van der Waals surface area contributed by atoms with Crippen LogP contribution >= 0.6 is 8.60 Å². The Balaban J connectivity index is 0. The normalized spacial score (nSPS) is 9.60. The monoisotopic (exact) mass is 214 g/mol. The van der Waals surface area contributed by atoms with Gasteiger partial charge < -0.3 is 27.4 Å². The van der Waals surface area contributed by atoms with Crippen molar-refractivity contribution in [1.82, 2.24) is 0 Å². The maximum atomic E-state index is 4.90. The molecule has 0 aromatic heterocycles. The van der Waals surface area contributed by atoms with Gasteiger partial charge in [0.1, 0.15) is 0 Å². The van der Waals surface area contributed by atoms with Gasteiger partial charge in [-0.3, -0.25) is 0 Å². The molecule has 3 nitrogen and oxygen atoms in total. The fourth-order valence-corrected chi connectivity index (χ4v) is 0.875. The second kappa shape index (κ2) is 9.93. The Morgan fingerprint density at radius 1 is 1.20 bits per heavy atom. The van der Waals surface area contributed by atoms with Crippen LogP contribution in [0.5, 0.6) is 0 Å². The molecule has 0 aliphatic carbocycles. The van der Waals surface area contributed by atoms with Crippen LogP contribution in [0.3, 0.4) is 0 Å². The second-order valence-corrected chi connectivity index (χ2v) is 2.40. The summed E-state index contributed by atoms with van der Waals surface area (Å²) in [6, 6.07) is 0. The van der Waals surface area contributed by atoms with Crippen molar-refractivity contribution in [2.75, 3.05) is 20.3 Å². The molecule has 0 radical (unpaired) electrons. The van der Waals surface area contributed by atoms with E-state index in [0.717, 1.165) is 0 Å². The fourth-order valence-electron chi connectivity index (χ4n) is 0.292. The Labute approximate surface area is 76.2 Å². The molecule has 0 bridgehead atoms. The van der Waals surface area contributed by atoms with E-state index in [1.54, 1.807) is 0 Å². The van der Waals surface area contributed by atoms with Gasteiger partial charge in [-0.05, 0) is 0 Å². The molecule has 0 saturated carbocycles. The Hall–Kier alpha value is 0.933. The molecule has 0 N–H and O–H groups in total. The van der Waals surface area contributed by atoms with E-state index in [-0.39, 0.29) is 19.5 Å². The van der Waals surface area contributed by atoms with Crippen molar-refractivity contribution >= 4 is 8.60 Å². The van der Waals surface area contributed by atoms with Crippen LogP contribution < -0.4 is 0 Å². The summed E-state index contributed by atoms with van der Waals surface area (Å²) in [5.41, 5.74) is 0. The van der Waals surface area contributed by atoms with Gasteiger partial charge in [0.25, 0.3) is 0 Å². The minimum absolute atomic E-state index is 0. The molecular weight excluding hydrogens is 204 g/mol. The van der Waals surface area contributed by atoms with Gasteiger partial charge in [-0.25, -0.2) is 0 Å². The van der Waals surface area contributed by atoms with Crippen LogP contribution in [0.1, 0.15) is 0 Å². The van der Waals surface area contributed by atoms with E-state index in [0.29, 0.717) is 13.2 Å². The molecule has 0 aliphatic heterocycles. The van der Waals surface area contributed by atoms with Gasteiger partial charge >= 0.3 is 28.1 Å². The SMILES string of the molecule is [CH2-]COP(OC)OC[CH2-].[Zn+2]. The predicted molar refractivity (Wildman–Crippen MR) is 36.5 cm³/mol. The molecule has 0 atom stereocenters. The molecule has 0 heterocycles. The van der Waals surface area contributed by atoms with Crippen molar-refractivity contribution < 1.29 is 33.0 Å². The van der Waals surface area contributed by atoms with E-state index < -0.39 is 8.60 Å².